The Balaban J connectivity index is 2.89. The molecule has 0 radical (unpaired) electrons. The SMILES string of the molecule is O=c1oc(=O)c2c(Br)c(Br)c(Br)c(Br)c2c2ccccc12. The molecule has 21 heavy (non-hydrogen) atoms. The van der Waals surface area contributed by atoms with Gasteiger partial charge in [0.1, 0.15) is 0 Å². The van der Waals surface area contributed by atoms with Crippen LogP contribution >= 0.6 is 63.7 Å². The molecule has 3 nitrogen and oxygen atoms in total. The van der Waals surface area contributed by atoms with Gasteiger partial charge in [0.05, 0.1) is 10.8 Å². The second kappa shape index (κ2) is 5.61. The Morgan fingerprint density at radius 2 is 1.19 bits per heavy atom. The lowest BCUT2D eigenvalue weighted by Gasteiger charge is -2.07. The third-order valence-corrected chi connectivity index (χ3v) is 7.84. The topological polar surface area (TPSA) is 47.3 Å². The minimum atomic E-state index is -0.688. The Morgan fingerprint density at radius 3 is 1.81 bits per heavy atom. The zero-order valence-corrected chi connectivity index (χ0v) is 16.4. The summed E-state index contributed by atoms with van der Waals surface area (Å²) in [5.74, 6) is 0. The number of fused-ring (bicyclic) bond motifs is 3. The van der Waals surface area contributed by atoms with Gasteiger partial charge in [-0.05, 0) is 75.2 Å². The average molecular weight is 540 g/mol. The summed E-state index contributed by atoms with van der Waals surface area (Å²) >= 11 is 13.7. The van der Waals surface area contributed by atoms with Crippen LogP contribution in [0.3, 0.4) is 0 Å². The predicted octanol–water partition coefficient (Wildman–Crippen LogP) is 5.36. The van der Waals surface area contributed by atoms with E-state index in [1.165, 1.54) is 0 Å². The fraction of sp³-hybridized carbons (Fsp3) is 0. The molecule has 0 fully saturated rings. The van der Waals surface area contributed by atoms with Gasteiger partial charge in [-0.1, -0.05) is 18.2 Å². The average Bonchev–Trinajstić information content (AvgIpc) is 2.58. The normalized spacial score (nSPS) is 11.2. The van der Waals surface area contributed by atoms with E-state index >= 15 is 0 Å². The second-order valence-corrected chi connectivity index (χ2v) is 7.40. The molecular formula is C14H4Br4O3. The van der Waals surface area contributed by atoms with Crippen molar-refractivity contribution in [2.75, 3.05) is 0 Å². The molecule has 0 unspecified atom stereocenters. The van der Waals surface area contributed by atoms with Crippen molar-refractivity contribution >= 4 is 85.3 Å². The van der Waals surface area contributed by atoms with E-state index in [2.05, 4.69) is 63.7 Å². The highest BCUT2D eigenvalue weighted by atomic mass is 79.9. The Morgan fingerprint density at radius 1 is 0.667 bits per heavy atom. The summed E-state index contributed by atoms with van der Waals surface area (Å²) in [5.41, 5.74) is -1.34. The maximum absolute atomic E-state index is 12.3. The molecule has 0 atom stereocenters. The van der Waals surface area contributed by atoms with E-state index in [-0.39, 0.29) is 0 Å². The lowest BCUT2D eigenvalue weighted by Crippen LogP contribution is -2.05. The third-order valence-electron chi connectivity index (χ3n) is 3.07. The predicted molar refractivity (Wildman–Crippen MR) is 97.1 cm³/mol. The second-order valence-electron chi connectivity index (χ2n) is 4.23. The summed E-state index contributed by atoms with van der Waals surface area (Å²) in [5, 5.41) is 1.91. The summed E-state index contributed by atoms with van der Waals surface area (Å²) in [7, 11) is 0. The van der Waals surface area contributed by atoms with Crippen LogP contribution in [0.25, 0.3) is 21.5 Å². The van der Waals surface area contributed by atoms with Crippen molar-refractivity contribution in [1.82, 2.24) is 0 Å². The summed E-state index contributed by atoms with van der Waals surface area (Å²) < 4.78 is 7.54. The summed E-state index contributed by atoms with van der Waals surface area (Å²) in [6.45, 7) is 0. The van der Waals surface area contributed by atoms with Crippen LogP contribution in [0.1, 0.15) is 0 Å². The van der Waals surface area contributed by atoms with E-state index in [9.17, 15) is 9.59 Å². The molecule has 0 bridgehead atoms. The molecule has 0 spiro atoms. The first kappa shape index (κ1) is 15.4. The molecule has 0 aliphatic rings. The molecule has 0 amide bonds. The molecule has 7 heteroatoms. The van der Waals surface area contributed by atoms with E-state index in [1.807, 2.05) is 6.07 Å². The van der Waals surface area contributed by atoms with Gasteiger partial charge in [0.2, 0.25) is 0 Å². The fourth-order valence-corrected chi connectivity index (χ4v) is 4.64. The lowest BCUT2D eigenvalue weighted by molar-refractivity contribution is 0.491. The van der Waals surface area contributed by atoms with Crippen molar-refractivity contribution < 1.29 is 4.42 Å². The molecule has 3 rings (SSSR count). The first-order chi connectivity index (χ1) is 9.93. The van der Waals surface area contributed by atoms with Crippen molar-refractivity contribution in [2.24, 2.45) is 0 Å². The number of rotatable bonds is 0. The highest BCUT2D eigenvalue weighted by molar-refractivity contribution is 9.15. The smallest absolute Gasteiger partial charge is 0.347 e. The minimum Gasteiger partial charge on any atom is -0.386 e. The molecule has 106 valence electrons. The number of hydrogen-bond donors (Lipinski definition) is 0. The Kier molecular flexibility index (Phi) is 4.11. The molecule has 3 aromatic rings. The van der Waals surface area contributed by atoms with Gasteiger partial charge in [0.25, 0.3) is 0 Å². The zero-order chi connectivity index (χ0) is 15.3. The standard InChI is InChI=1S/C14H4Br4O3/c15-9-7-5-3-1-2-4-6(5)13(19)21-14(20)8(7)10(16)12(18)11(9)17/h1-4H. The molecule has 1 aromatic heterocycles. The Bertz CT molecular complexity index is 1020. The van der Waals surface area contributed by atoms with Crippen LogP contribution in [0.5, 0.6) is 0 Å². The van der Waals surface area contributed by atoms with Crippen molar-refractivity contribution in [3.05, 3.63) is 63.0 Å². The molecule has 0 saturated heterocycles. The molecule has 0 saturated carbocycles. The monoisotopic (exact) mass is 536 g/mol. The van der Waals surface area contributed by atoms with Crippen LogP contribution < -0.4 is 11.3 Å². The number of hydrogen-bond acceptors (Lipinski definition) is 3. The van der Waals surface area contributed by atoms with Crippen LogP contribution in [0, 0.1) is 0 Å². The summed E-state index contributed by atoms with van der Waals surface area (Å²) in [6.07, 6.45) is 0. The summed E-state index contributed by atoms with van der Waals surface area (Å²) in [6, 6.07) is 6.95. The maximum Gasteiger partial charge on any atom is 0.347 e. The van der Waals surface area contributed by atoms with Crippen LogP contribution in [0.15, 0.2) is 56.2 Å². The molecule has 0 aliphatic heterocycles. The minimum absolute atomic E-state index is 0.301. The van der Waals surface area contributed by atoms with E-state index in [0.717, 1.165) is 4.47 Å². The largest absolute Gasteiger partial charge is 0.386 e. The Hall–Kier alpha value is -0.500. The van der Waals surface area contributed by atoms with E-state index < -0.39 is 11.3 Å². The van der Waals surface area contributed by atoms with Crippen molar-refractivity contribution in [1.29, 1.82) is 0 Å². The van der Waals surface area contributed by atoms with Gasteiger partial charge >= 0.3 is 11.3 Å². The first-order valence-electron chi connectivity index (χ1n) is 5.65. The summed E-state index contributed by atoms with van der Waals surface area (Å²) in [4.78, 5) is 24.4. The lowest BCUT2D eigenvalue weighted by atomic mass is 10.1. The van der Waals surface area contributed by atoms with Crippen LogP contribution in [-0.2, 0) is 0 Å². The van der Waals surface area contributed by atoms with Crippen molar-refractivity contribution in [3.63, 3.8) is 0 Å². The van der Waals surface area contributed by atoms with Crippen LogP contribution in [-0.4, -0.2) is 0 Å². The Labute approximate surface area is 151 Å². The molecule has 0 N–H and O–H groups in total. The highest BCUT2D eigenvalue weighted by Gasteiger charge is 2.19. The third kappa shape index (κ3) is 2.34. The molecule has 0 aliphatic carbocycles. The van der Waals surface area contributed by atoms with E-state index in [4.69, 9.17) is 4.42 Å². The van der Waals surface area contributed by atoms with Crippen LogP contribution in [0.4, 0.5) is 0 Å². The maximum atomic E-state index is 12.3. The quantitative estimate of drug-likeness (QED) is 0.286. The fourth-order valence-electron chi connectivity index (χ4n) is 2.15. The molecule has 2 aromatic carbocycles. The van der Waals surface area contributed by atoms with Crippen molar-refractivity contribution in [3.8, 4) is 0 Å². The van der Waals surface area contributed by atoms with Gasteiger partial charge in [-0.25, -0.2) is 9.59 Å². The zero-order valence-electron chi connectivity index (χ0n) is 10.0. The van der Waals surface area contributed by atoms with E-state index in [1.54, 1.807) is 18.2 Å². The molecule has 1 heterocycles. The van der Waals surface area contributed by atoms with E-state index in [0.29, 0.717) is 35.0 Å². The van der Waals surface area contributed by atoms with Gasteiger partial charge < -0.3 is 4.42 Å². The molecular weight excluding hydrogens is 536 g/mol. The number of halogens is 4. The van der Waals surface area contributed by atoms with Crippen LogP contribution in [0.2, 0.25) is 0 Å². The number of benzene rings is 2. The highest BCUT2D eigenvalue weighted by Crippen LogP contribution is 2.43. The first-order valence-corrected chi connectivity index (χ1v) is 8.82. The van der Waals surface area contributed by atoms with Crippen molar-refractivity contribution in [2.45, 2.75) is 0 Å². The van der Waals surface area contributed by atoms with Gasteiger partial charge in [0, 0.05) is 23.3 Å². The van der Waals surface area contributed by atoms with Gasteiger partial charge in [-0.2, -0.15) is 0 Å². The van der Waals surface area contributed by atoms with Gasteiger partial charge in [0.15, 0.2) is 0 Å². The van der Waals surface area contributed by atoms with Gasteiger partial charge in [-0.15, -0.1) is 0 Å². The van der Waals surface area contributed by atoms with Gasteiger partial charge in [-0.3, -0.25) is 0 Å².